The summed E-state index contributed by atoms with van der Waals surface area (Å²) < 4.78 is 0. The number of nitrogens with zero attached hydrogens (tertiary/aromatic N) is 1. The summed E-state index contributed by atoms with van der Waals surface area (Å²) in [5, 5.41) is 1.79. The van der Waals surface area contributed by atoms with Gasteiger partial charge < -0.3 is 0 Å². The van der Waals surface area contributed by atoms with E-state index in [9.17, 15) is 9.59 Å². The summed E-state index contributed by atoms with van der Waals surface area (Å²) in [4.78, 5) is 26.5. The molecule has 0 aliphatic carbocycles. The van der Waals surface area contributed by atoms with Gasteiger partial charge in [-0.05, 0) is 29.0 Å². The fraction of sp³-hybridized carbons (Fsp3) is 0. The molecule has 0 fully saturated rings. The van der Waals surface area contributed by atoms with Crippen molar-refractivity contribution in [3.05, 3.63) is 77.9 Å². The van der Waals surface area contributed by atoms with Crippen molar-refractivity contribution in [2.45, 2.75) is 0 Å². The Morgan fingerprint density at radius 3 is 2.19 bits per heavy atom. The summed E-state index contributed by atoms with van der Waals surface area (Å²) in [6.07, 6.45) is 0. The van der Waals surface area contributed by atoms with Crippen LogP contribution in [0.2, 0.25) is 0 Å². The zero-order valence-electron chi connectivity index (χ0n) is 11.1. The lowest BCUT2D eigenvalue weighted by Gasteiger charge is -2.13. The van der Waals surface area contributed by atoms with Crippen LogP contribution in [-0.2, 0) is 0 Å². The van der Waals surface area contributed by atoms with E-state index in [1.165, 1.54) is 4.90 Å². The molecule has 3 aromatic carbocycles. The molecule has 0 atom stereocenters. The van der Waals surface area contributed by atoms with E-state index in [1.807, 2.05) is 48.5 Å². The molecule has 4 rings (SSSR count). The Morgan fingerprint density at radius 2 is 1.38 bits per heavy atom. The summed E-state index contributed by atoms with van der Waals surface area (Å²) in [6.45, 7) is 0. The molecule has 0 saturated carbocycles. The molecule has 3 aromatic rings. The van der Waals surface area contributed by atoms with E-state index in [2.05, 4.69) is 0 Å². The van der Waals surface area contributed by atoms with Crippen LogP contribution in [0.25, 0.3) is 10.8 Å². The number of benzene rings is 3. The molecule has 0 unspecified atom stereocenters. The van der Waals surface area contributed by atoms with Gasteiger partial charge in [0.25, 0.3) is 11.8 Å². The maximum absolute atomic E-state index is 12.7. The predicted molar refractivity (Wildman–Crippen MR) is 81.5 cm³/mol. The molecule has 3 heteroatoms. The minimum Gasteiger partial charge on any atom is -0.268 e. The Balaban J connectivity index is 1.97. The fourth-order valence-corrected chi connectivity index (χ4v) is 2.82. The van der Waals surface area contributed by atoms with Gasteiger partial charge in [-0.2, -0.15) is 0 Å². The lowest BCUT2D eigenvalue weighted by Crippen LogP contribution is -2.29. The Bertz CT molecular complexity index is 884. The van der Waals surface area contributed by atoms with Crippen LogP contribution >= 0.6 is 0 Å². The van der Waals surface area contributed by atoms with E-state index in [0.717, 1.165) is 10.8 Å². The van der Waals surface area contributed by atoms with Crippen LogP contribution in [-0.4, -0.2) is 11.8 Å². The summed E-state index contributed by atoms with van der Waals surface area (Å²) in [5.41, 5.74) is 1.58. The average Bonchev–Trinajstić information content (AvgIpc) is 2.80. The van der Waals surface area contributed by atoms with Gasteiger partial charge in [0.15, 0.2) is 0 Å². The van der Waals surface area contributed by atoms with Crippen LogP contribution in [0, 0.1) is 0 Å². The van der Waals surface area contributed by atoms with Crippen molar-refractivity contribution < 1.29 is 9.59 Å². The second-order valence-electron chi connectivity index (χ2n) is 4.99. The molecule has 3 nitrogen and oxygen atoms in total. The van der Waals surface area contributed by atoms with E-state index in [4.69, 9.17) is 0 Å². The molecule has 0 radical (unpaired) electrons. The summed E-state index contributed by atoms with van der Waals surface area (Å²) in [7, 11) is 0. The molecule has 0 bridgehead atoms. The van der Waals surface area contributed by atoms with Gasteiger partial charge in [-0.15, -0.1) is 0 Å². The molecular formula is C18H11NO2. The third kappa shape index (κ3) is 1.61. The number of imide groups is 1. The van der Waals surface area contributed by atoms with Gasteiger partial charge in [0, 0.05) is 0 Å². The molecule has 1 aliphatic rings. The zero-order chi connectivity index (χ0) is 14.4. The van der Waals surface area contributed by atoms with Gasteiger partial charge in [-0.25, -0.2) is 4.90 Å². The molecule has 0 saturated heterocycles. The molecule has 0 aromatic heterocycles. The largest absolute Gasteiger partial charge is 0.268 e. The quantitative estimate of drug-likeness (QED) is 0.635. The van der Waals surface area contributed by atoms with Crippen LogP contribution in [0.4, 0.5) is 5.69 Å². The van der Waals surface area contributed by atoms with E-state index >= 15 is 0 Å². The van der Waals surface area contributed by atoms with E-state index in [1.54, 1.807) is 18.2 Å². The van der Waals surface area contributed by atoms with Crippen molar-refractivity contribution >= 4 is 28.3 Å². The molecule has 1 aliphatic heterocycles. The SMILES string of the molecule is O=C1c2ccc3ccccc3c2C(=O)N1c1ccccc1. The molecule has 21 heavy (non-hydrogen) atoms. The number of hydrogen-bond donors (Lipinski definition) is 0. The van der Waals surface area contributed by atoms with Crippen molar-refractivity contribution in [1.29, 1.82) is 0 Å². The standard InChI is InChI=1S/C18H11NO2/c20-17-15-11-10-12-6-4-5-9-14(12)16(15)18(21)19(17)13-7-2-1-3-8-13/h1-11H. The number of carbonyl (C=O) groups is 2. The Kier molecular flexibility index (Phi) is 2.42. The molecule has 0 spiro atoms. The highest BCUT2D eigenvalue weighted by Gasteiger charge is 2.37. The first-order valence-corrected chi connectivity index (χ1v) is 6.73. The van der Waals surface area contributed by atoms with Gasteiger partial charge in [0.1, 0.15) is 0 Å². The number of para-hydroxylation sites is 1. The Morgan fingerprint density at radius 1 is 0.667 bits per heavy atom. The van der Waals surface area contributed by atoms with Crippen molar-refractivity contribution in [2.75, 3.05) is 4.90 Å². The van der Waals surface area contributed by atoms with Gasteiger partial charge in [0.05, 0.1) is 16.8 Å². The number of anilines is 1. The molecular weight excluding hydrogens is 262 g/mol. The van der Waals surface area contributed by atoms with Crippen LogP contribution in [0.1, 0.15) is 20.7 Å². The minimum absolute atomic E-state index is 0.252. The van der Waals surface area contributed by atoms with Crippen LogP contribution in [0.3, 0.4) is 0 Å². The van der Waals surface area contributed by atoms with Crippen molar-refractivity contribution in [1.82, 2.24) is 0 Å². The maximum atomic E-state index is 12.7. The first-order valence-electron chi connectivity index (χ1n) is 6.73. The van der Waals surface area contributed by atoms with Crippen molar-refractivity contribution in [3.63, 3.8) is 0 Å². The molecule has 1 heterocycles. The van der Waals surface area contributed by atoms with Crippen LogP contribution in [0.15, 0.2) is 66.7 Å². The fourth-order valence-electron chi connectivity index (χ4n) is 2.82. The van der Waals surface area contributed by atoms with E-state index in [0.29, 0.717) is 16.8 Å². The summed E-state index contributed by atoms with van der Waals surface area (Å²) >= 11 is 0. The second-order valence-corrected chi connectivity index (χ2v) is 4.99. The third-order valence-corrected chi connectivity index (χ3v) is 3.79. The average molecular weight is 273 g/mol. The first kappa shape index (κ1) is 11.9. The third-order valence-electron chi connectivity index (χ3n) is 3.79. The maximum Gasteiger partial charge on any atom is 0.266 e. The number of hydrogen-bond acceptors (Lipinski definition) is 2. The monoisotopic (exact) mass is 273 g/mol. The summed E-state index contributed by atoms with van der Waals surface area (Å²) in [6, 6.07) is 20.3. The van der Waals surface area contributed by atoms with E-state index < -0.39 is 0 Å². The first-order chi connectivity index (χ1) is 10.3. The lowest BCUT2D eigenvalue weighted by molar-refractivity contribution is 0.0926. The topological polar surface area (TPSA) is 37.4 Å². The van der Waals surface area contributed by atoms with Crippen molar-refractivity contribution in [3.8, 4) is 0 Å². The normalized spacial score (nSPS) is 13.8. The van der Waals surface area contributed by atoms with Gasteiger partial charge in [-0.1, -0.05) is 48.5 Å². The predicted octanol–water partition coefficient (Wildman–Crippen LogP) is 3.64. The highest BCUT2D eigenvalue weighted by Crippen LogP contribution is 2.33. The number of carbonyl (C=O) groups excluding carboxylic acids is 2. The van der Waals surface area contributed by atoms with Crippen LogP contribution < -0.4 is 4.90 Å². The number of amides is 2. The summed E-state index contributed by atoms with van der Waals surface area (Å²) in [5.74, 6) is -0.509. The number of rotatable bonds is 1. The smallest absolute Gasteiger partial charge is 0.266 e. The highest BCUT2D eigenvalue weighted by molar-refractivity contribution is 6.37. The minimum atomic E-state index is -0.257. The molecule has 100 valence electrons. The van der Waals surface area contributed by atoms with Crippen LogP contribution in [0.5, 0.6) is 0 Å². The second kappa shape index (κ2) is 4.28. The Hall–Kier alpha value is -2.94. The van der Waals surface area contributed by atoms with Gasteiger partial charge in [-0.3, -0.25) is 9.59 Å². The van der Waals surface area contributed by atoms with Gasteiger partial charge in [0.2, 0.25) is 0 Å². The number of fused-ring (bicyclic) bond motifs is 3. The van der Waals surface area contributed by atoms with E-state index in [-0.39, 0.29) is 11.8 Å². The van der Waals surface area contributed by atoms with Crippen molar-refractivity contribution in [2.24, 2.45) is 0 Å². The zero-order valence-corrected chi connectivity index (χ0v) is 11.1. The Labute approximate surface area is 121 Å². The van der Waals surface area contributed by atoms with Gasteiger partial charge >= 0.3 is 0 Å². The highest BCUT2D eigenvalue weighted by atomic mass is 16.2. The molecule has 2 amide bonds. The lowest BCUT2D eigenvalue weighted by atomic mass is 10.0. The molecule has 0 N–H and O–H groups in total.